The van der Waals surface area contributed by atoms with Crippen molar-refractivity contribution in [3.63, 3.8) is 0 Å². The highest BCUT2D eigenvalue weighted by Gasteiger charge is 2.15. The molecule has 4 heteroatoms. The Morgan fingerprint density at radius 3 is 2.50 bits per heavy atom. The Labute approximate surface area is 46.7 Å². The van der Waals surface area contributed by atoms with Crippen molar-refractivity contribution in [1.82, 2.24) is 10.6 Å². The Bertz CT molecular complexity index is 134. The predicted molar refractivity (Wildman–Crippen MR) is 25.8 cm³/mol. The largest absolute Gasteiger partial charge is 0.356 e. The van der Waals surface area contributed by atoms with Crippen LogP contribution in [0.3, 0.4) is 0 Å². The van der Waals surface area contributed by atoms with Crippen LogP contribution in [0.1, 0.15) is 6.92 Å². The molecule has 1 heterocycles. The van der Waals surface area contributed by atoms with Gasteiger partial charge in [0.05, 0.1) is 0 Å². The van der Waals surface area contributed by atoms with Gasteiger partial charge in [0.1, 0.15) is 5.70 Å². The number of halogens is 1. The fraction of sp³-hybridized carbons (Fsp3) is 0.500. The molecule has 0 spiro atoms. The lowest BCUT2D eigenvalue weighted by molar-refractivity contribution is 0.00842. The summed E-state index contributed by atoms with van der Waals surface area (Å²) in [6.07, 6.45) is 0. The normalized spacial score (nSPS) is 19.6. The molecule has 1 aliphatic heterocycles. The first-order chi connectivity index (χ1) is 3.72. The number of hydrazine groups is 1. The van der Waals surface area contributed by atoms with E-state index in [0.717, 1.165) is 0 Å². The first-order valence-corrected chi connectivity index (χ1v) is 2.24. The van der Waals surface area contributed by atoms with Crippen LogP contribution in [-0.2, 0) is 4.84 Å². The van der Waals surface area contributed by atoms with E-state index in [1.54, 1.807) is 14.0 Å². The summed E-state index contributed by atoms with van der Waals surface area (Å²) < 4.78 is 12.1. The Morgan fingerprint density at radius 1 is 1.75 bits per heavy atom. The minimum atomic E-state index is -0.563. The average Bonchev–Trinajstić information content (AvgIpc) is 1.98. The summed E-state index contributed by atoms with van der Waals surface area (Å²) in [4.78, 5) is 4.27. The standard InChI is InChI=1S/C4H7FN2O/c1-3-4(5)8-6-7(3)2/h6H,1-2H3. The lowest BCUT2D eigenvalue weighted by Crippen LogP contribution is -2.24. The molecule has 0 radical (unpaired) electrons. The van der Waals surface area contributed by atoms with Gasteiger partial charge in [-0.3, -0.25) is 5.01 Å². The van der Waals surface area contributed by atoms with Crippen LogP contribution in [0, 0.1) is 0 Å². The van der Waals surface area contributed by atoms with E-state index in [2.05, 4.69) is 10.4 Å². The van der Waals surface area contributed by atoms with Gasteiger partial charge < -0.3 is 4.84 Å². The van der Waals surface area contributed by atoms with Crippen molar-refractivity contribution in [1.29, 1.82) is 0 Å². The van der Waals surface area contributed by atoms with Gasteiger partial charge in [-0.2, -0.15) is 4.39 Å². The van der Waals surface area contributed by atoms with E-state index in [1.807, 2.05) is 0 Å². The highest BCUT2D eigenvalue weighted by molar-refractivity contribution is 4.98. The lowest BCUT2D eigenvalue weighted by atomic mass is 10.5. The third-order valence-electron chi connectivity index (χ3n) is 1.06. The van der Waals surface area contributed by atoms with E-state index in [0.29, 0.717) is 5.70 Å². The van der Waals surface area contributed by atoms with Gasteiger partial charge in [0.15, 0.2) is 0 Å². The van der Waals surface area contributed by atoms with Crippen molar-refractivity contribution < 1.29 is 9.23 Å². The van der Waals surface area contributed by atoms with Crippen LogP contribution < -0.4 is 5.59 Å². The quantitative estimate of drug-likeness (QED) is 0.502. The van der Waals surface area contributed by atoms with Crippen molar-refractivity contribution in [3.8, 4) is 0 Å². The molecule has 0 amide bonds. The SMILES string of the molecule is CC1=C(F)ONN1C. The average molecular weight is 118 g/mol. The number of rotatable bonds is 0. The van der Waals surface area contributed by atoms with Gasteiger partial charge in [0, 0.05) is 7.05 Å². The van der Waals surface area contributed by atoms with Gasteiger partial charge in [0.25, 0.3) is 0 Å². The van der Waals surface area contributed by atoms with Crippen LogP contribution in [-0.4, -0.2) is 12.1 Å². The zero-order valence-corrected chi connectivity index (χ0v) is 4.73. The fourth-order valence-electron chi connectivity index (χ4n) is 0.383. The van der Waals surface area contributed by atoms with E-state index in [9.17, 15) is 4.39 Å². The molecule has 1 rings (SSSR count). The minimum absolute atomic E-state index is 0.463. The molecule has 0 fully saturated rings. The van der Waals surface area contributed by atoms with Gasteiger partial charge in [-0.1, -0.05) is 5.59 Å². The molecule has 0 aromatic rings. The van der Waals surface area contributed by atoms with Crippen LogP contribution in [0.5, 0.6) is 0 Å². The van der Waals surface area contributed by atoms with E-state index >= 15 is 0 Å². The molecular formula is C4H7FN2O. The van der Waals surface area contributed by atoms with E-state index in [4.69, 9.17) is 0 Å². The molecule has 3 nitrogen and oxygen atoms in total. The lowest BCUT2D eigenvalue weighted by Gasteiger charge is -2.06. The molecule has 8 heavy (non-hydrogen) atoms. The summed E-state index contributed by atoms with van der Waals surface area (Å²) in [5.74, 6) is 0. The number of nitrogens with zero attached hydrogens (tertiary/aromatic N) is 1. The molecule has 0 aliphatic carbocycles. The van der Waals surface area contributed by atoms with Crippen molar-refractivity contribution >= 4 is 0 Å². The summed E-state index contributed by atoms with van der Waals surface area (Å²) in [5, 5.41) is 1.45. The second kappa shape index (κ2) is 1.63. The molecule has 0 saturated heterocycles. The highest BCUT2D eigenvalue weighted by atomic mass is 19.1. The fourth-order valence-corrected chi connectivity index (χ4v) is 0.383. The summed E-state index contributed by atoms with van der Waals surface area (Å²) in [7, 11) is 1.67. The van der Waals surface area contributed by atoms with Crippen molar-refractivity contribution in [2.45, 2.75) is 6.92 Å². The van der Waals surface area contributed by atoms with E-state index in [1.165, 1.54) is 5.01 Å². The third-order valence-corrected chi connectivity index (χ3v) is 1.06. The van der Waals surface area contributed by atoms with E-state index < -0.39 is 6.01 Å². The maximum absolute atomic E-state index is 12.1. The number of nitrogens with one attached hydrogen (secondary N) is 1. The second-order valence-corrected chi connectivity index (χ2v) is 1.61. The Morgan fingerprint density at radius 2 is 2.38 bits per heavy atom. The summed E-state index contributed by atoms with van der Waals surface area (Å²) in [6.45, 7) is 1.62. The third kappa shape index (κ3) is 0.626. The molecule has 0 aromatic carbocycles. The Balaban J connectivity index is 2.71. The van der Waals surface area contributed by atoms with Crippen LogP contribution in [0.15, 0.2) is 11.7 Å². The van der Waals surface area contributed by atoms with Crippen molar-refractivity contribution in [3.05, 3.63) is 11.7 Å². The Hall–Kier alpha value is -0.770. The molecule has 1 aliphatic rings. The second-order valence-electron chi connectivity index (χ2n) is 1.61. The summed E-state index contributed by atoms with van der Waals surface area (Å²) in [5.41, 5.74) is 2.77. The van der Waals surface area contributed by atoms with Crippen molar-refractivity contribution in [2.24, 2.45) is 0 Å². The zero-order chi connectivity index (χ0) is 6.15. The molecule has 0 bridgehead atoms. The maximum Gasteiger partial charge on any atom is 0.316 e. The van der Waals surface area contributed by atoms with Crippen LogP contribution in [0.4, 0.5) is 4.39 Å². The molecule has 0 unspecified atom stereocenters. The number of allylic oxidation sites excluding steroid dienone is 1. The van der Waals surface area contributed by atoms with Crippen LogP contribution in [0.2, 0.25) is 0 Å². The highest BCUT2D eigenvalue weighted by Crippen LogP contribution is 2.13. The van der Waals surface area contributed by atoms with Gasteiger partial charge >= 0.3 is 6.01 Å². The molecule has 0 atom stereocenters. The summed E-state index contributed by atoms with van der Waals surface area (Å²) in [6, 6.07) is -0.563. The molecule has 46 valence electrons. The molecule has 0 saturated carbocycles. The smallest absolute Gasteiger partial charge is 0.316 e. The number of hydrogen-bond acceptors (Lipinski definition) is 3. The van der Waals surface area contributed by atoms with Gasteiger partial charge in [-0.15, -0.1) is 0 Å². The predicted octanol–water partition coefficient (Wildman–Crippen LogP) is 0.526. The maximum atomic E-state index is 12.1. The first-order valence-electron chi connectivity index (χ1n) is 2.24. The molecular weight excluding hydrogens is 111 g/mol. The first kappa shape index (κ1) is 5.37. The van der Waals surface area contributed by atoms with Gasteiger partial charge in [0.2, 0.25) is 0 Å². The van der Waals surface area contributed by atoms with Crippen LogP contribution in [0.25, 0.3) is 0 Å². The molecule has 1 N–H and O–H groups in total. The molecule has 0 aromatic heterocycles. The van der Waals surface area contributed by atoms with Crippen molar-refractivity contribution in [2.75, 3.05) is 7.05 Å². The Kier molecular flexibility index (Phi) is 1.09. The van der Waals surface area contributed by atoms with Gasteiger partial charge in [-0.25, -0.2) is 0 Å². The van der Waals surface area contributed by atoms with E-state index in [-0.39, 0.29) is 0 Å². The van der Waals surface area contributed by atoms with Crippen LogP contribution >= 0.6 is 0 Å². The number of hydrogen-bond donors (Lipinski definition) is 1. The zero-order valence-electron chi connectivity index (χ0n) is 4.73. The monoisotopic (exact) mass is 118 g/mol. The topological polar surface area (TPSA) is 24.5 Å². The summed E-state index contributed by atoms with van der Waals surface area (Å²) >= 11 is 0. The minimum Gasteiger partial charge on any atom is -0.356 e. The van der Waals surface area contributed by atoms with Gasteiger partial charge in [-0.05, 0) is 6.92 Å².